The smallest absolute Gasteiger partial charge is 0.301 e. The fraction of sp³-hybridized carbons (Fsp3) is 0.400. The van der Waals surface area contributed by atoms with E-state index in [0.29, 0.717) is 33.4 Å². The van der Waals surface area contributed by atoms with Gasteiger partial charge in [-0.05, 0) is 44.0 Å². The fourth-order valence-corrected chi connectivity index (χ4v) is 4.42. The number of benzene rings is 1. The number of anilines is 2. The van der Waals surface area contributed by atoms with Crippen LogP contribution in [0.15, 0.2) is 21.1 Å². The number of nitrogens with one attached hydrogen (secondary N) is 1. The summed E-state index contributed by atoms with van der Waals surface area (Å²) >= 11 is 6.58. The summed E-state index contributed by atoms with van der Waals surface area (Å²) in [5.74, 6) is 0. The van der Waals surface area contributed by atoms with Gasteiger partial charge in [0.2, 0.25) is 0 Å². The summed E-state index contributed by atoms with van der Waals surface area (Å²) in [6.07, 6.45) is 0. The Morgan fingerprint density at radius 3 is 2.06 bits per heavy atom. The molecule has 1 aromatic rings. The molecule has 0 aliphatic rings. The van der Waals surface area contributed by atoms with Crippen LogP contribution in [0.25, 0.3) is 0 Å². The van der Waals surface area contributed by atoms with Crippen molar-refractivity contribution < 1.29 is 8.42 Å². The molecule has 0 saturated carbocycles. The zero-order valence-electron chi connectivity index (χ0n) is 10.1. The molecule has 0 saturated heterocycles. The monoisotopic (exact) mass is 399 g/mol. The molecule has 0 fully saturated rings. The minimum atomic E-state index is -3.55. The number of hydrogen-bond donors (Lipinski definition) is 2. The second kappa shape index (κ2) is 6.23. The largest absolute Gasteiger partial charge is 0.399 e. The second-order valence-corrected chi connectivity index (χ2v) is 6.93. The van der Waals surface area contributed by atoms with E-state index in [0.717, 1.165) is 0 Å². The maximum absolute atomic E-state index is 12.1. The minimum Gasteiger partial charge on any atom is -0.399 e. The van der Waals surface area contributed by atoms with Crippen molar-refractivity contribution in [3.63, 3.8) is 0 Å². The number of rotatable bonds is 5. The molecule has 0 aromatic heterocycles. The van der Waals surface area contributed by atoms with E-state index in [9.17, 15) is 8.42 Å². The highest BCUT2D eigenvalue weighted by Gasteiger charge is 2.21. The lowest BCUT2D eigenvalue weighted by Gasteiger charge is -2.20. The predicted molar refractivity (Wildman–Crippen MR) is 81.7 cm³/mol. The van der Waals surface area contributed by atoms with Gasteiger partial charge in [0.1, 0.15) is 0 Å². The summed E-state index contributed by atoms with van der Waals surface area (Å²) in [4.78, 5) is 0. The van der Waals surface area contributed by atoms with Crippen LogP contribution in [0.1, 0.15) is 13.8 Å². The Labute approximate surface area is 124 Å². The quantitative estimate of drug-likeness (QED) is 0.746. The molecule has 18 heavy (non-hydrogen) atoms. The van der Waals surface area contributed by atoms with Gasteiger partial charge >= 0.3 is 10.2 Å². The summed E-state index contributed by atoms with van der Waals surface area (Å²) in [5.41, 5.74) is 6.64. The second-order valence-electron chi connectivity index (χ2n) is 3.55. The molecule has 1 rings (SSSR count). The van der Waals surface area contributed by atoms with Crippen LogP contribution >= 0.6 is 31.9 Å². The zero-order valence-corrected chi connectivity index (χ0v) is 14.1. The molecular formula is C10H15Br2N3O2S. The van der Waals surface area contributed by atoms with Gasteiger partial charge in [0.05, 0.1) is 5.69 Å². The number of nitrogens with two attached hydrogens (primary N) is 1. The van der Waals surface area contributed by atoms with Crippen molar-refractivity contribution in [1.29, 1.82) is 0 Å². The van der Waals surface area contributed by atoms with Crippen molar-refractivity contribution in [2.45, 2.75) is 13.8 Å². The molecule has 5 nitrogen and oxygen atoms in total. The molecule has 102 valence electrons. The third kappa shape index (κ3) is 3.59. The summed E-state index contributed by atoms with van der Waals surface area (Å²) in [6, 6.07) is 3.29. The molecule has 0 bridgehead atoms. The Hall–Kier alpha value is -0.310. The van der Waals surface area contributed by atoms with Gasteiger partial charge < -0.3 is 5.73 Å². The third-order valence-electron chi connectivity index (χ3n) is 2.34. The Balaban J connectivity index is 3.12. The van der Waals surface area contributed by atoms with E-state index in [4.69, 9.17) is 5.73 Å². The normalized spacial score (nSPS) is 11.8. The highest BCUT2D eigenvalue weighted by Crippen LogP contribution is 2.34. The van der Waals surface area contributed by atoms with Crippen LogP contribution in [0, 0.1) is 0 Å². The van der Waals surface area contributed by atoms with Crippen LogP contribution < -0.4 is 10.5 Å². The molecule has 0 unspecified atom stereocenters. The maximum Gasteiger partial charge on any atom is 0.301 e. The zero-order chi connectivity index (χ0) is 13.9. The van der Waals surface area contributed by atoms with Crippen molar-refractivity contribution in [2.24, 2.45) is 0 Å². The van der Waals surface area contributed by atoms with Crippen LogP contribution in [0.5, 0.6) is 0 Å². The highest BCUT2D eigenvalue weighted by atomic mass is 79.9. The molecule has 0 radical (unpaired) electrons. The lowest BCUT2D eigenvalue weighted by Crippen LogP contribution is -2.35. The molecule has 3 N–H and O–H groups in total. The standard InChI is InChI=1S/C10H15Br2N3O2S/c1-3-15(4-2)18(16,17)14-10-8(11)5-7(13)6-9(10)12/h5-6,14H,3-4,13H2,1-2H3. The average molecular weight is 401 g/mol. The molecule has 0 aliphatic carbocycles. The Kier molecular flexibility index (Phi) is 5.45. The molecule has 0 heterocycles. The number of nitrogens with zero attached hydrogens (tertiary/aromatic N) is 1. The summed E-state index contributed by atoms with van der Waals surface area (Å²) < 4.78 is 29.2. The molecule has 1 aromatic carbocycles. The van der Waals surface area contributed by atoms with Gasteiger partial charge in [0.15, 0.2) is 0 Å². The van der Waals surface area contributed by atoms with Gasteiger partial charge in [-0.25, -0.2) is 0 Å². The van der Waals surface area contributed by atoms with E-state index in [1.165, 1.54) is 4.31 Å². The van der Waals surface area contributed by atoms with Gasteiger partial charge in [-0.1, -0.05) is 13.8 Å². The molecular weight excluding hydrogens is 386 g/mol. The highest BCUT2D eigenvalue weighted by molar-refractivity contribution is 9.11. The predicted octanol–water partition coefficient (Wildman–Crippen LogP) is 2.79. The molecule has 8 heteroatoms. The average Bonchev–Trinajstić information content (AvgIpc) is 2.24. The van der Waals surface area contributed by atoms with Crippen molar-refractivity contribution in [3.8, 4) is 0 Å². The van der Waals surface area contributed by atoms with E-state index in [-0.39, 0.29) is 0 Å². The van der Waals surface area contributed by atoms with Crippen LogP contribution in [0.2, 0.25) is 0 Å². The third-order valence-corrected chi connectivity index (χ3v) is 5.25. The Morgan fingerprint density at radius 1 is 1.22 bits per heavy atom. The van der Waals surface area contributed by atoms with E-state index < -0.39 is 10.2 Å². The first-order valence-electron chi connectivity index (χ1n) is 5.34. The summed E-state index contributed by atoms with van der Waals surface area (Å²) in [6.45, 7) is 4.40. The van der Waals surface area contributed by atoms with Gasteiger partial charge in [-0.3, -0.25) is 4.72 Å². The molecule has 0 atom stereocenters. The molecule has 0 spiro atoms. The first-order valence-corrected chi connectivity index (χ1v) is 8.36. The van der Waals surface area contributed by atoms with Crippen molar-refractivity contribution in [2.75, 3.05) is 23.5 Å². The molecule has 0 aliphatic heterocycles. The van der Waals surface area contributed by atoms with Gasteiger partial charge in [0, 0.05) is 27.7 Å². The maximum atomic E-state index is 12.1. The van der Waals surface area contributed by atoms with E-state index in [2.05, 4.69) is 36.6 Å². The van der Waals surface area contributed by atoms with E-state index in [1.807, 2.05) is 0 Å². The lowest BCUT2D eigenvalue weighted by atomic mass is 10.3. The first-order chi connectivity index (χ1) is 8.31. The number of halogens is 2. The van der Waals surface area contributed by atoms with Gasteiger partial charge in [-0.15, -0.1) is 0 Å². The number of hydrogen-bond acceptors (Lipinski definition) is 3. The van der Waals surface area contributed by atoms with Gasteiger partial charge in [-0.2, -0.15) is 12.7 Å². The van der Waals surface area contributed by atoms with Gasteiger partial charge in [0.25, 0.3) is 0 Å². The van der Waals surface area contributed by atoms with Crippen LogP contribution in [0.3, 0.4) is 0 Å². The van der Waals surface area contributed by atoms with Crippen molar-refractivity contribution in [1.82, 2.24) is 4.31 Å². The van der Waals surface area contributed by atoms with Crippen LogP contribution in [0.4, 0.5) is 11.4 Å². The molecule has 0 amide bonds. The SMILES string of the molecule is CCN(CC)S(=O)(=O)Nc1c(Br)cc(N)cc1Br. The fourth-order valence-electron chi connectivity index (χ4n) is 1.45. The first kappa shape index (κ1) is 15.7. The van der Waals surface area contributed by atoms with Crippen LogP contribution in [-0.4, -0.2) is 25.8 Å². The summed E-state index contributed by atoms with van der Waals surface area (Å²) in [5, 5.41) is 0. The Bertz CT molecular complexity index is 507. The summed E-state index contributed by atoms with van der Waals surface area (Å²) in [7, 11) is -3.55. The lowest BCUT2D eigenvalue weighted by molar-refractivity contribution is 0.449. The van der Waals surface area contributed by atoms with Crippen molar-refractivity contribution >= 4 is 53.4 Å². The van der Waals surface area contributed by atoms with E-state index >= 15 is 0 Å². The number of nitrogen functional groups attached to an aromatic ring is 1. The van der Waals surface area contributed by atoms with Crippen molar-refractivity contribution in [3.05, 3.63) is 21.1 Å². The van der Waals surface area contributed by atoms with E-state index in [1.54, 1.807) is 26.0 Å². The Morgan fingerprint density at radius 2 is 1.67 bits per heavy atom. The topological polar surface area (TPSA) is 75.4 Å². The van der Waals surface area contributed by atoms with Crippen LogP contribution in [-0.2, 0) is 10.2 Å². The minimum absolute atomic E-state index is 0.413.